The predicted octanol–water partition coefficient (Wildman–Crippen LogP) is 1.69. The van der Waals surface area contributed by atoms with Crippen LogP contribution in [0.1, 0.15) is 31.7 Å². The number of piperidine rings is 1. The number of nitrogens with one attached hydrogen (secondary N) is 1. The van der Waals surface area contributed by atoms with Crippen molar-refractivity contribution in [2.75, 3.05) is 18.8 Å². The smallest absolute Gasteiger partial charge is 0.224 e. The lowest BCUT2D eigenvalue weighted by molar-refractivity contribution is -0.121. The van der Waals surface area contributed by atoms with Gasteiger partial charge in [0.25, 0.3) is 0 Å². The molecule has 0 atom stereocenters. The van der Waals surface area contributed by atoms with Crippen molar-refractivity contribution in [3.05, 3.63) is 35.6 Å². The second-order valence-corrected chi connectivity index (χ2v) is 7.91. The summed E-state index contributed by atoms with van der Waals surface area (Å²) < 4.78 is 39.0. The summed E-state index contributed by atoms with van der Waals surface area (Å²) in [4.78, 5) is 12.0. The third kappa shape index (κ3) is 5.00. The molecule has 0 aliphatic carbocycles. The Morgan fingerprint density at radius 1 is 1.30 bits per heavy atom. The van der Waals surface area contributed by atoms with Crippen molar-refractivity contribution in [2.45, 2.75) is 38.6 Å². The number of hydrogen-bond donors (Lipinski definition) is 1. The van der Waals surface area contributed by atoms with Crippen LogP contribution in [0.3, 0.4) is 0 Å². The van der Waals surface area contributed by atoms with Crippen LogP contribution in [0.25, 0.3) is 0 Å². The van der Waals surface area contributed by atoms with Gasteiger partial charge in [-0.2, -0.15) is 0 Å². The van der Waals surface area contributed by atoms with Crippen molar-refractivity contribution >= 4 is 15.9 Å². The molecular weight excluding hydrogens is 319 g/mol. The van der Waals surface area contributed by atoms with Crippen LogP contribution in [-0.4, -0.2) is 43.5 Å². The zero-order valence-electron chi connectivity index (χ0n) is 13.3. The number of carbonyl (C=O) groups excluding carboxylic acids is 1. The van der Waals surface area contributed by atoms with E-state index < -0.39 is 10.0 Å². The van der Waals surface area contributed by atoms with Crippen molar-refractivity contribution in [3.8, 4) is 0 Å². The van der Waals surface area contributed by atoms with Gasteiger partial charge in [-0.3, -0.25) is 4.79 Å². The van der Waals surface area contributed by atoms with Crippen molar-refractivity contribution in [1.29, 1.82) is 0 Å². The molecule has 1 amide bonds. The zero-order chi connectivity index (χ0) is 16.9. The molecule has 0 spiro atoms. The van der Waals surface area contributed by atoms with Crippen molar-refractivity contribution < 1.29 is 17.6 Å². The third-order valence-corrected chi connectivity index (χ3v) is 6.06. The van der Waals surface area contributed by atoms with E-state index in [2.05, 4.69) is 5.32 Å². The van der Waals surface area contributed by atoms with Gasteiger partial charge in [-0.15, -0.1) is 0 Å². The summed E-state index contributed by atoms with van der Waals surface area (Å²) in [7, 11) is -3.17. The predicted molar refractivity (Wildman–Crippen MR) is 86.9 cm³/mol. The topological polar surface area (TPSA) is 66.5 Å². The standard InChI is InChI=1S/C16H23FN2O3S/c1-2-11-23(21,22)19-9-7-14(8-10-19)18-16(20)12-13-5-3-4-6-15(13)17/h3-6,14H,2,7-12H2,1H3,(H,18,20). The van der Waals surface area contributed by atoms with E-state index in [-0.39, 0.29) is 29.9 Å². The molecule has 1 fully saturated rings. The average Bonchev–Trinajstić information content (AvgIpc) is 2.50. The Bertz CT molecular complexity index is 640. The van der Waals surface area contributed by atoms with Crippen LogP contribution >= 0.6 is 0 Å². The minimum atomic E-state index is -3.17. The van der Waals surface area contributed by atoms with Gasteiger partial charge in [-0.05, 0) is 30.9 Å². The lowest BCUT2D eigenvalue weighted by atomic mass is 10.1. The summed E-state index contributed by atoms with van der Waals surface area (Å²) in [6.07, 6.45) is 1.78. The van der Waals surface area contributed by atoms with Crippen LogP contribution in [0.4, 0.5) is 4.39 Å². The van der Waals surface area contributed by atoms with Crippen molar-refractivity contribution in [1.82, 2.24) is 9.62 Å². The number of amides is 1. The molecule has 0 saturated carbocycles. The molecule has 23 heavy (non-hydrogen) atoms. The maximum Gasteiger partial charge on any atom is 0.224 e. The number of benzene rings is 1. The van der Waals surface area contributed by atoms with Gasteiger partial charge in [0.1, 0.15) is 5.82 Å². The molecule has 0 aromatic heterocycles. The minimum absolute atomic E-state index is 0.00101. The van der Waals surface area contributed by atoms with Crippen molar-refractivity contribution in [2.24, 2.45) is 0 Å². The lowest BCUT2D eigenvalue weighted by Gasteiger charge is -2.31. The summed E-state index contributed by atoms with van der Waals surface area (Å²) in [5.41, 5.74) is 0.368. The van der Waals surface area contributed by atoms with E-state index in [0.29, 0.717) is 37.9 Å². The first-order valence-electron chi connectivity index (χ1n) is 7.93. The Balaban J connectivity index is 1.82. The fourth-order valence-electron chi connectivity index (χ4n) is 2.76. The fraction of sp³-hybridized carbons (Fsp3) is 0.562. The zero-order valence-corrected chi connectivity index (χ0v) is 14.1. The Morgan fingerprint density at radius 2 is 1.96 bits per heavy atom. The van der Waals surface area contributed by atoms with E-state index in [9.17, 15) is 17.6 Å². The molecular formula is C16H23FN2O3S. The second kappa shape index (κ2) is 7.88. The van der Waals surface area contributed by atoms with Gasteiger partial charge < -0.3 is 5.32 Å². The van der Waals surface area contributed by atoms with Crippen LogP contribution in [-0.2, 0) is 21.2 Å². The summed E-state index contributed by atoms with van der Waals surface area (Å²) in [5.74, 6) is -0.454. The summed E-state index contributed by atoms with van der Waals surface area (Å²) >= 11 is 0. The molecule has 0 unspecified atom stereocenters. The Labute approximate surface area is 136 Å². The summed E-state index contributed by atoms with van der Waals surface area (Å²) in [5, 5.41) is 2.87. The lowest BCUT2D eigenvalue weighted by Crippen LogP contribution is -2.47. The molecule has 1 aliphatic rings. The highest BCUT2D eigenvalue weighted by atomic mass is 32.2. The van der Waals surface area contributed by atoms with Crippen LogP contribution < -0.4 is 5.32 Å². The van der Waals surface area contributed by atoms with E-state index in [4.69, 9.17) is 0 Å². The first-order valence-corrected chi connectivity index (χ1v) is 9.54. The molecule has 1 N–H and O–H groups in total. The fourth-order valence-corrected chi connectivity index (χ4v) is 4.30. The maximum absolute atomic E-state index is 13.5. The number of hydrogen-bond acceptors (Lipinski definition) is 3. The van der Waals surface area contributed by atoms with Crippen LogP contribution in [0, 0.1) is 5.82 Å². The molecule has 5 nitrogen and oxygen atoms in total. The summed E-state index contributed by atoms with van der Waals surface area (Å²) in [6, 6.07) is 6.16. The highest BCUT2D eigenvalue weighted by Crippen LogP contribution is 2.15. The number of carbonyl (C=O) groups is 1. The molecule has 1 aromatic rings. The SMILES string of the molecule is CCCS(=O)(=O)N1CCC(NC(=O)Cc2ccccc2F)CC1. The average molecular weight is 342 g/mol. The van der Waals surface area contributed by atoms with Crippen LogP contribution in [0.5, 0.6) is 0 Å². The molecule has 1 saturated heterocycles. The van der Waals surface area contributed by atoms with Crippen LogP contribution in [0.2, 0.25) is 0 Å². The van der Waals surface area contributed by atoms with Crippen molar-refractivity contribution in [3.63, 3.8) is 0 Å². The number of nitrogens with zero attached hydrogens (tertiary/aromatic N) is 1. The minimum Gasteiger partial charge on any atom is -0.353 e. The quantitative estimate of drug-likeness (QED) is 0.855. The van der Waals surface area contributed by atoms with Crippen LogP contribution in [0.15, 0.2) is 24.3 Å². The van der Waals surface area contributed by atoms with Gasteiger partial charge in [0.15, 0.2) is 0 Å². The molecule has 128 valence electrons. The van der Waals surface area contributed by atoms with E-state index in [1.165, 1.54) is 10.4 Å². The van der Waals surface area contributed by atoms with E-state index in [1.54, 1.807) is 18.2 Å². The molecule has 0 bridgehead atoms. The summed E-state index contributed by atoms with van der Waals surface area (Å²) in [6.45, 7) is 2.69. The Kier molecular flexibility index (Phi) is 6.12. The highest BCUT2D eigenvalue weighted by Gasteiger charge is 2.27. The number of rotatable bonds is 6. The Morgan fingerprint density at radius 3 is 2.57 bits per heavy atom. The van der Waals surface area contributed by atoms with Gasteiger partial charge in [-0.25, -0.2) is 17.1 Å². The second-order valence-electron chi connectivity index (χ2n) is 5.83. The monoisotopic (exact) mass is 342 g/mol. The normalized spacial score (nSPS) is 17.1. The van der Waals surface area contributed by atoms with Gasteiger partial charge in [0, 0.05) is 19.1 Å². The molecule has 2 rings (SSSR count). The molecule has 7 heteroatoms. The maximum atomic E-state index is 13.5. The largest absolute Gasteiger partial charge is 0.353 e. The first-order chi connectivity index (χ1) is 10.9. The number of halogens is 1. The third-order valence-electron chi connectivity index (χ3n) is 3.98. The van der Waals surface area contributed by atoms with E-state index >= 15 is 0 Å². The molecule has 1 aromatic carbocycles. The van der Waals surface area contributed by atoms with Gasteiger partial charge in [0.05, 0.1) is 12.2 Å². The van der Waals surface area contributed by atoms with Gasteiger partial charge in [0.2, 0.25) is 15.9 Å². The Hall–Kier alpha value is -1.47. The molecule has 1 heterocycles. The van der Waals surface area contributed by atoms with Gasteiger partial charge >= 0.3 is 0 Å². The van der Waals surface area contributed by atoms with Gasteiger partial charge in [-0.1, -0.05) is 25.1 Å². The number of sulfonamides is 1. The molecule has 1 aliphatic heterocycles. The first kappa shape index (κ1) is 17.9. The van der Waals surface area contributed by atoms with E-state index in [1.807, 2.05) is 6.92 Å². The highest BCUT2D eigenvalue weighted by molar-refractivity contribution is 7.89. The molecule has 0 radical (unpaired) electrons. The van der Waals surface area contributed by atoms with E-state index in [0.717, 1.165) is 0 Å².